The number of aromatic nitrogens is 2. The molecular weight excluding hydrogens is 382 g/mol. The van der Waals surface area contributed by atoms with E-state index in [0.29, 0.717) is 41.3 Å². The first-order valence-electron chi connectivity index (χ1n) is 8.79. The van der Waals surface area contributed by atoms with Crippen LogP contribution in [0.2, 0.25) is 5.02 Å². The molecule has 1 N–H and O–H groups in total. The van der Waals surface area contributed by atoms with Crippen molar-refractivity contribution in [2.75, 3.05) is 13.7 Å². The predicted molar refractivity (Wildman–Crippen MR) is 102 cm³/mol. The number of fused-ring (bicyclic) bond motifs is 1. The standard InChI is InChI=1S/C20H18ClN3O4/c1-26-16-4-2-3-13-9-14(11-27-18(13)16)19(25)22-10-17-23-20(28-24-17)12-5-7-15(21)8-6-12/h2-8,14H,9-11H2,1H3,(H,22,25)/t14-/m1/s1. The van der Waals surface area contributed by atoms with Gasteiger partial charge in [-0.05, 0) is 42.3 Å². The molecule has 144 valence electrons. The van der Waals surface area contributed by atoms with Gasteiger partial charge >= 0.3 is 0 Å². The van der Waals surface area contributed by atoms with Gasteiger partial charge in [-0.25, -0.2) is 0 Å². The quantitative estimate of drug-likeness (QED) is 0.708. The Labute approximate surface area is 166 Å². The Morgan fingerprint density at radius 3 is 2.89 bits per heavy atom. The van der Waals surface area contributed by atoms with Gasteiger partial charge < -0.3 is 19.3 Å². The van der Waals surface area contributed by atoms with Crippen molar-refractivity contribution in [2.24, 2.45) is 5.92 Å². The van der Waals surface area contributed by atoms with Gasteiger partial charge in [0.15, 0.2) is 17.3 Å². The van der Waals surface area contributed by atoms with E-state index in [0.717, 1.165) is 11.1 Å². The minimum absolute atomic E-state index is 0.119. The highest BCUT2D eigenvalue weighted by Crippen LogP contribution is 2.36. The molecule has 1 aromatic heterocycles. The fraction of sp³-hybridized carbons (Fsp3) is 0.250. The summed E-state index contributed by atoms with van der Waals surface area (Å²) in [5.74, 6) is 1.76. The lowest BCUT2D eigenvalue weighted by Gasteiger charge is -2.25. The molecule has 0 saturated carbocycles. The maximum absolute atomic E-state index is 12.5. The summed E-state index contributed by atoms with van der Waals surface area (Å²) in [6.07, 6.45) is 0.584. The van der Waals surface area contributed by atoms with E-state index < -0.39 is 0 Å². The highest BCUT2D eigenvalue weighted by atomic mass is 35.5. The number of para-hydroxylation sites is 1. The number of rotatable bonds is 5. The summed E-state index contributed by atoms with van der Waals surface area (Å²) in [6.45, 7) is 0.471. The first kappa shape index (κ1) is 18.3. The van der Waals surface area contributed by atoms with Crippen LogP contribution in [0.1, 0.15) is 11.4 Å². The fourth-order valence-electron chi connectivity index (χ4n) is 3.07. The molecule has 1 aliphatic rings. The van der Waals surface area contributed by atoms with Crippen molar-refractivity contribution < 1.29 is 18.8 Å². The van der Waals surface area contributed by atoms with E-state index in [-0.39, 0.29) is 18.4 Å². The van der Waals surface area contributed by atoms with E-state index in [1.807, 2.05) is 18.2 Å². The van der Waals surface area contributed by atoms with E-state index in [2.05, 4.69) is 15.5 Å². The summed E-state index contributed by atoms with van der Waals surface area (Å²) < 4.78 is 16.3. The van der Waals surface area contributed by atoms with Crippen LogP contribution in [0.25, 0.3) is 11.5 Å². The highest BCUT2D eigenvalue weighted by molar-refractivity contribution is 6.30. The van der Waals surface area contributed by atoms with Crippen LogP contribution in [-0.4, -0.2) is 29.8 Å². The van der Waals surface area contributed by atoms with Gasteiger partial charge in [-0.1, -0.05) is 28.9 Å². The Morgan fingerprint density at radius 1 is 1.29 bits per heavy atom. The fourth-order valence-corrected chi connectivity index (χ4v) is 3.20. The van der Waals surface area contributed by atoms with Crippen molar-refractivity contribution in [3.8, 4) is 23.0 Å². The summed E-state index contributed by atoms with van der Waals surface area (Å²) in [5.41, 5.74) is 1.72. The van der Waals surface area contributed by atoms with Crippen molar-refractivity contribution in [3.63, 3.8) is 0 Å². The molecule has 0 radical (unpaired) electrons. The molecule has 1 amide bonds. The molecule has 1 atom stereocenters. The minimum atomic E-state index is -0.290. The molecule has 0 fully saturated rings. The lowest BCUT2D eigenvalue weighted by Crippen LogP contribution is -2.37. The van der Waals surface area contributed by atoms with E-state index in [1.54, 1.807) is 31.4 Å². The van der Waals surface area contributed by atoms with Crippen molar-refractivity contribution >= 4 is 17.5 Å². The molecule has 2 aromatic carbocycles. The average Bonchev–Trinajstić information content (AvgIpc) is 3.20. The number of carbonyl (C=O) groups excluding carboxylic acids is 1. The Balaban J connectivity index is 1.37. The lowest BCUT2D eigenvalue weighted by molar-refractivity contribution is -0.126. The molecule has 4 rings (SSSR count). The van der Waals surface area contributed by atoms with E-state index >= 15 is 0 Å². The topological polar surface area (TPSA) is 86.5 Å². The van der Waals surface area contributed by atoms with Crippen molar-refractivity contribution in [3.05, 3.63) is 58.9 Å². The normalized spacial score (nSPS) is 15.4. The van der Waals surface area contributed by atoms with Gasteiger partial charge in [-0.3, -0.25) is 4.79 Å². The minimum Gasteiger partial charge on any atom is -0.493 e. The third kappa shape index (κ3) is 3.80. The molecule has 0 saturated heterocycles. The van der Waals surface area contributed by atoms with Gasteiger partial charge in [0.1, 0.15) is 6.61 Å². The zero-order valence-corrected chi connectivity index (χ0v) is 15.9. The molecule has 2 heterocycles. The molecule has 28 heavy (non-hydrogen) atoms. The molecule has 0 aliphatic carbocycles. The Bertz CT molecular complexity index is 987. The third-order valence-electron chi connectivity index (χ3n) is 4.53. The smallest absolute Gasteiger partial charge is 0.257 e. The number of benzene rings is 2. The first-order chi connectivity index (χ1) is 13.6. The van der Waals surface area contributed by atoms with Crippen LogP contribution >= 0.6 is 11.6 Å². The SMILES string of the molecule is COc1cccc2c1OC[C@H](C(=O)NCc1noc(-c3ccc(Cl)cc3)n1)C2. The molecule has 1 aliphatic heterocycles. The Hall–Kier alpha value is -3.06. The molecule has 3 aromatic rings. The number of halogens is 1. The van der Waals surface area contributed by atoms with Crippen LogP contribution in [0.5, 0.6) is 11.5 Å². The number of nitrogens with one attached hydrogen (secondary N) is 1. The summed E-state index contributed by atoms with van der Waals surface area (Å²) in [7, 11) is 1.60. The van der Waals surface area contributed by atoms with Crippen molar-refractivity contribution in [1.29, 1.82) is 0 Å². The second kappa shape index (κ2) is 7.90. The van der Waals surface area contributed by atoms with Gasteiger partial charge in [-0.2, -0.15) is 4.98 Å². The molecular formula is C20H18ClN3O4. The average molecular weight is 400 g/mol. The zero-order valence-electron chi connectivity index (χ0n) is 15.1. The summed E-state index contributed by atoms with van der Waals surface area (Å²) in [6, 6.07) is 12.8. The van der Waals surface area contributed by atoms with Crippen molar-refractivity contribution in [2.45, 2.75) is 13.0 Å². The van der Waals surface area contributed by atoms with Gasteiger partial charge in [0.05, 0.1) is 19.6 Å². The predicted octanol–water partition coefficient (Wildman–Crippen LogP) is 3.27. The van der Waals surface area contributed by atoms with Gasteiger partial charge in [0.25, 0.3) is 5.89 Å². The van der Waals surface area contributed by atoms with E-state index in [9.17, 15) is 4.79 Å². The molecule has 0 spiro atoms. The van der Waals surface area contributed by atoms with Crippen LogP contribution in [0.4, 0.5) is 0 Å². The second-order valence-electron chi connectivity index (χ2n) is 6.40. The largest absolute Gasteiger partial charge is 0.493 e. The maximum Gasteiger partial charge on any atom is 0.257 e. The number of ether oxygens (including phenoxy) is 2. The van der Waals surface area contributed by atoms with Crippen LogP contribution in [-0.2, 0) is 17.8 Å². The lowest BCUT2D eigenvalue weighted by atomic mass is 9.95. The zero-order chi connectivity index (χ0) is 19.5. The number of hydrogen-bond donors (Lipinski definition) is 1. The third-order valence-corrected chi connectivity index (χ3v) is 4.78. The molecule has 0 bridgehead atoms. The highest BCUT2D eigenvalue weighted by Gasteiger charge is 2.28. The summed E-state index contributed by atoms with van der Waals surface area (Å²) in [5, 5.41) is 7.38. The Morgan fingerprint density at radius 2 is 2.11 bits per heavy atom. The number of amides is 1. The second-order valence-corrected chi connectivity index (χ2v) is 6.84. The van der Waals surface area contributed by atoms with Crippen LogP contribution < -0.4 is 14.8 Å². The van der Waals surface area contributed by atoms with Crippen LogP contribution in [0.3, 0.4) is 0 Å². The summed E-state index contributed by atoms with van der Waals surface area (Å²) >= 11 is 5.88. The van der Waals surface area contributed by atoms with Gasteiger partial charge in [0, 0.05) is 10.6 Å². The van der Waals surface area contributed by atoms with E-state index in [1.165, 1.54) is 0 Å². The number of hydrogen-bond acceptors (Lipinski definition) is 6. The first-order valence-corrected chi connectivity index (χ1v) is 9.16. The summed E-state index contributed by atoms with van der Waals surface area (Å²) in [4.78, 5) is 16.8. The van der Waals surface area contributed by atoms with Crippen LogP contribution in [0.15, 0.2) is 47.0 Å². The van der Waals surface area contributed by atoms with E-state index in [4.69, 9.17) is 25.6 Å². The molecule has 7 nitrogen and oxygen atoms in total. The van der Waals surface area contributed by atoms with Gasteiger partial charge in [-0.15, -0.1) is 0 Å². The van der Waals surface area contributed by atoms with Gasteiger partial charge in [0.2, 0.25) is 5.91 Å². The number of carbonyl (C=O) groups is 1. The van der Waals surface area contributed by atoms with Crippen LogP contribution in [0, 0.1) is 5.92 Å². The number of nitrogens with zero attached hydrogens (tertiary/aromatic N) is 2. The maximum atomic E-state index is 12.5. The van der Waals surface area contributed by atoms with Crippen molar-refractivity contribution in [1.82, 2.24) is 15.5 Å². The Kier molecular flexibility index (Phi) is 5.16. The number of methoxy groups -OCH3 is 1. The molecule has 8 heteroatoms. The monoisotopic (exact) mass is 399 g/mol. The molecule has 0 unspecified atom stereocenters.